The van der Waals surface area contributed by atoms with Crippen molar-refractivity contribution in [2.24, 2.45) is 0 Å². The summed E-state index contributed by atoms with van der Waals surface area (Å²) in [6, 6.07) is 12.5. The van der Waals surface area contributed by atoms with Crippen LogP contribution in [-0.2, 0) is 22.6 Å². The van der Waals surface area contributed by atoms with Crippen LogP contribution in [0.3, 0.4) is 0 Å². The standard InChI is InChI=1S/C23H16Cl2FNO5/c24-16-5-1-3-13(8-16)11-27-12-14(7-15-4-2-6-18(25)21(15)26)9-17(22(27)30)19(28)10-20(29)23(31)32/h1-6,8-10,12,28H,7,11H2,(H,31,32). The number of pyridine rings is 1. The van der Waals surface area contributed by atoms with Crippen molar-refractivity contribution in [2.75, 3.05) is 0 Å². The number of aliphatic carboxylic acids is 1. The normalized spacial score (nSPS) is 11.4. The summed E-state index contributed by atoms with van der Waals surface area (Å²) in [5.74, 6) is -4.61. The molecule has 0 aliphatic carbocycles. The van der Waals surface area contributed by atoms with E-state index in [0.717, 1.165) is 0 Å². The van der Waals surface area contributed by atoms with E-state index in [1.165, 1.54) is 29.0 Å². The largest absolute Gasteiger partial charge is 0.507 e. The molecule has 1 aromatic heterocycles. The van der Waals surface area contributed by atoms with Crippen LogP contribution >= 0.6 is 23.2 Å². The third-order valence-corrected chi connectivity index (χ3v) is 5.09. The maximum Gasteiger partial charge on any atom is 0.376 e. The van der Waals surface area contributed by atoms with Crippen molar-refractivity contribution < 1.29 is 24.2 Å². The highest BCUT2D eigenvalue weighted by Crippen LogP contribution is 2.22. The number of carboxylic acids is 1. The average molecular weight is 476 g/mol. The third-order valence-electron chi connectivity index (χ3n) is 4.57. The number of ketones is 1. The zero-order valence-corrected chi connectivity index (χ0v) is 17.9. The summed E-state index contributed by atoms with van der Waals surface area (Å²) < 4.78 is 15.7. The number of aromatic nitrogens is 1. The van der Waals surface area contributed by atoms with Crippen molar-refractivity contribution in [3.63, 3.8) is 0 Å². The number of hydrogen-bond donors (Lipinski definition) is 2. The second-order valence-corrected chi connectivity index (χ2v) is 7.76. The molecular weight excluding hydrogens is 460 g/mol. The fourth-order valence-electron chi connectivity index (χ4n) is 3.10. The Bertz CT molecular complexity index is 1300. The minimum Gasteiger partial charge on any atom is -0.507 e. The molecule has 0 radical (unpaired) electrons. The van der Waals surface area contributed by atoms with E-state index in [1.807, 2.05) is 0 Å². The van der Waals surface area contributed by atoms with Gasteiger partial charge < -0.3 is 14.8 Å². The Morgan fingerprint density at radius 3 is 2.44 bits per heavy atom. The monoisotopic (exact) mass is 475 g/mol. The van der Waals surface area contributed by atoms with Gasteiger partial charge in [-0.25, -0.2) is 9.18 Å². The molecular formula is C23H16Cl2FNO5. The minimum absolute atomic E-state index is 0.0232. The third kappa shape index (κ3) is 5.43. The summed E-state index contributed by atoms with van der Waals surface area (Å²) in [5, 5.41) is 19.5. The Hall–Kier alpha value is -3.42. The predicted octanol–water partition coefficient (Wildman–Crippen LogP) is 4.49. The molecule has 3 aromatic rings. The van der Waals surface area contributed by atoms with Crippen molar-refractivity contribution in [3.8, 4) is 0 Å². The number of halogens is 3. The molecule has 0 atom stereocenters. The second kappa shape index (κ2) is 9.80. The summed E-state index contributed by atoms with van der Waals surface area (Å²) in [4.78, 5) is 35.3. The Kier molecular flexibility index (Phi) is 7.12. The predicted molar refractivity (Wildman–Crippen MR) is 119 cm³/mol. The van der Waals surface area contributed by atoms with E-state index in [2.05, 4.69) is 0 Å². The maximum absolute atomic E-state index is 14.4. The number of carbonyl (C=O) groups is 2. The van der Waals surface area contributed by atoms with E-state index in [1.54, 1.807) is 30.3 Å². The van der Waals surface area contributed by atoms with Crippen molar-refractivity contribution in [3.05, 3.63) is 109 Å². The van der Waals surface area contributed by atoms with E-state index >= 15 is 0 Å². The number of rotatable bonds is 7. The van der Waals surface area contributed by atoms with E-state index in [0.29, 0.717) is 22.2 Å². The van der Waals surface area contributed by atoms with E-state index < -0.39 is 28.9 Å². The Morgan fingerprint density at radius 1 is 1.03 bits per heavy atom. The topological polar surface area (TPSA) is 96.6 Å². The Balaban J connectivity index is 2.12. The van der Waals surface area contributed by atoms with Gasteiger partial charge in [0.2, 0.25) is 0 Å². The summed E-state index contributed by atoms with van der Waals surface area (Å²) in [6.07, 6.45) is 1.96. The quantitative estimate of drug-likeness (QED) is 0.298. The average Bonchev–Trinajstić information content (AvgIpc) is 2.73. The number of carboxylic acid groups (broad SMARTS) is 1. The van der Waals surface area contributed by atoms with Crippen molar-refractivity contribution in [1.29, 1.82) is 0 Å². The molecule has 0 aliphatic heterocycles. The van der Waals surface area contributed by atoms with Gasteiger partial charge in [-0.3, -0.25) is 9.59 Å². The summed E-state index contributed by atoms with van der Waals surface area (Å²) in [6.45, 7) is 0.0679. The van der Waals surface area contributed by atoms with Gasteiger partial charge in [0.15, 0.2) is 0 Å². The van der Waals surface area contributed by atoms with Crippen LogP contribution in [-0.4, -0.2) is 26.5 Å². The first-order valence-electron chi connectivity index (χ1n) is 9.24. The molecule has 0 bridgehead atoms. The van der Waals surface area contributed by atoms with Crippen LogP contribution in [0, 0.1) is 5.82 Å². The van der Waals surface area contributed by atoms with Crippen LogP contribution in [0.1, 0.15) is 22.3 Å². The molecule has 32 heavy (non-hydrogen) atoms. The number of carbonyl (C=O) groups excluding carboxylic acids is 1. The molecule has 1 heterocycles. The zero-order chi connectivity index (χ0) is 23.4. The highest BCUT2D eigenvalue weighted by atomic mass is 35.5. The maximum atomic E-state index is 14.4. The summed E-state index contributed by atoms with van der Waals surface area (Å²) in [5.41, 5.74) is 0.377. The highest BCUT2D eigenvalue weighted by molar-refractivity contribution is 6.38. The first-order valence-corrected chi connectivity index (χ1v) is 10.00. The van der Waals surface area contributed by atoms with Gasteiger partial charge in [0.25, 0.3) is 11.3 Å². The van der Waals surface area contributed by atoms with Gasteiger partial charge >= 0.3 is 5.97 Å². The Labute approximate surface area is 191 Å². The molecule has 9 heteroatoms. The summed E-state index contributed by atoms with van der Waals surface area (Å²) in [7, 11) is 0. The van der Waals surface area contributed by atoms with E-state index in [-0.39, 0.29) is 29.1 Å². The lowest BCUT2D eigenvalue weighted by Crippen LogP contribution is -2.25. The lowest BCUT2D eigenvalue weighted by molar-refractivity contribution is -0.146. The zero-order valence-electron chi connectivity index (χ0n) is 16.4. The molecule has 0 aliphatic rings. The van der Waals surface area contributed by atoms with Crippen molar-refractivity contribution in [1.82, 2.24) is 4.57 Å². The Morgan fingerprint density at radius 2 is 1.75 bits per heavy atom. The molecule has 0 fully saturated rings. The minimum atomic E-state index is -1.78. The molecule has 6 nitrogen and oxygen atoms in total. The SMILES string of the molecule is O=C(O)C(=O)C=C(O)c1cc(Cc2cccc(Cl)c2F)cn(Cc2cccc(Cl)c2)c1=O. The molecule has 0 spiro atoms. The second-order valence-electron chi connectivity index (χ2n) is 6.91. The number of benzene rings is 2. The number of hydrogen-bond acceptors (Lipinski definition) is 4. The number of aliphatic hydroxyl groups excluding tert-OH is 1. The molecule has 0 unspecified atom stereocenters. The lowest BCUT2D eigenvalue weighted by Gasteiger charge is -2.13. The number of aliphatic hydroxyl groups is 1. The van der Waals surface area contributed by atoms with Gasteiger partial charge in [-0.2, -0.15) is 0 Å². The van der Waals surface area contributed by atoms with Crippen LogP contribution in [0.4, 0.5) is 4.39 Å². The molecule has 2 aromatic carbocycles. The van der Waals surface area contributed by atoms with Crippen LogP contribution in [0.5, 0.6) is 0 Å². The smallest absolute Gasteiger partial charge is 0.376 e. The van der Waals surface area contributed by atoms with Gasteiger partial charge in [0, 0.05) is 23.7 Å². The molecule has 164 valence electrons. The van der Waals surface area contributed by atoms with Crippen LogP contribution in [0.2, 0.25) is 10.0 Å². The first kappa shape index (κ1) is 23.2. The van der Waals surface area contributed by atoms with Crippen LogP contribution in [0.25, 0.3) is 5.76 Å². The molecule has 2 N–H and O–H groups in total. The fraction of sp³-hybridized carbons (Fsp3) is 0.0870. The van der Waals surface area contributed by atoms with Gasteiger partial charge in [0.1, 0.15) is 11.6 Å². The fourth-order valence-corrected chi connectivity index (χ4v) is 3.50. The van der Waals surface area contributed by atoms with Crippen LogP contribution in [0.15, 0.2) is 65.6 Å². The van der Waals surface area contributed by atoms with E-state index in [9.17, 15) is 23.9 Å². The van der Waals surface area contributed by atoms with Gasteiger partial charge in [0.05, 0.1) is 17.1 Å². The molecule has 0 saturated carbocycles. The lowest BCUT2D eigenvalue weighted by atomic mass is 10.0. The van der Waals surface area contributed by atoms with Gasteiger partial charge in [-0.1, -0.05) is 47.5 Å². The first-order chi connectivity index (χ1) is 15.2. The van der Waals surface area contributed by atoms with Crippen molar-refractivity contribution >= 4 is 40.7 Å². The molecule has 0 saturated heterocycles. The number of nitrogens with zero attached hydrogens (tertiary/aromatic N) is 1. The van der Waals surface area contributed by atoms with Gasteiger partial charge in [-0.15, -0.1) is 0 Å². The van der Waals surface area contributed by atoms with Crippen LogP contribution < -0.4 is 5.56 Å². The molecule has 0 amide bonds. The summed E-state index contributed by atoms with van der Waals surface area (Å²) >= 11 is 11.8. The highest BCUT2D eigenvalue weighted by Gasteiger charge is 2.17. The van der Waals surface area contributed by atoms with Crippen molar-refractivity contribution in [2.45, 2.75) is 13.0 Å². The van der Waals surface area contributed by atoms with Gasteiger partial charge in [-0.05, 0) is 41.0 Å². The van der Waals surface area contributed by atoms with E-state index in [4.69, 9.17) is 28.3 Å². The molecule has 3 rings (SSSR count).